The maximum absolute atomic E-state index is 13.5. The van der Waals surface area contributed by atoms with Crippen LogP contribution in [-0.4, -0.2) is 72.5 Å². The summed E-state index contributed by atoms with van der Waals surface area (Å²) in [4.78, 5) is 18.5. The van der Waals surface area contributed by atoms with Crippen LogP contribution in [0, 0.1) is 17.8 Å². The van der Waals surface area contributed by atoms with Crippen LogP contribution in [0.4, 0.5) is 0 Å². The van der Waals surface area contributed by atoms with E-state index in [9.17, 15) is 18.3 Å². The summed E-state index contributed by atoms with van der Waals surface area (Å²) in [7, 11) is -2.24. The van der Waals surface area contributed by atoms with Crippen LogP contribution < -0.4 is 4.74 Å². The molecule has 0 aliphatic carbocycles. The van der Waals surface area contributed by atoms with E-state index in [0.29, 0.717) is 11.1 Å². The van der Waals surface area contributed by atoms with E-state index < -0.39 is 22.2 Å². The van der Waals surface area contributed by atoms with E-state index in [4.69, 9.17) is 4.74 Å². The van der Waals surface area contributed by atoms with Gasteiger partial charge in [-0.2, -0.15) is 4.31 Å². The van der Waals surface area contributed by atoms with E-state index in [1.807, 2.05) is 13.8 Å². The molecule has 0 unspecified atom stereocenters. The quantitative estimate of drug-likeness (QED) is 0.614. The first-order valence-electron chi connectivity index (χ1n) is 11.8. The van der Waals surface area contributed by atoms with Crippen molar-refractivity contribution < 1.29 is 23.1 Å². The second-order valence-electron chi connectivity index (χ2n) is 8.87. The molecule has 0 saturated heterocycles. The first kappa shape index (κ1) is 26.7. The van der Waals surface area contributed by atoms with Gasteiger partial charge in [-0.15, -0.1) is 0 Å². The molecule has 2 aromatic rings. The molecule has 1 amide bonds. The molecule has 1 aliphatic rings. The second kappa shape index (κ2) is 11.7. The van der Waals surface area contributed by atoms with E-state index in [0.717, 1.165) is 12.8 Å². The Morgan fingerprint density at radius 1 is 1.31 bits per heavy atom. The van der Waals surface area contributed by atoms with Crippen molar-refractivity contribution in [2.24, 2.45) is 5.92 Å². The Labute approximate surface area is 208 Å². The lowest BCUT2D eigenvalue weighted by atomic mass is 10.0. The Bertz CT molecular complexity index is 1190. The van der Waals surface area contributed by atoms with E-state index in [2.05, 4.69) is 16.8 Å². The summed E-state index contributed by atoms with van der Waals surface area (Å²) in [6.45, 7) is 5.67. The molecule has 1 aromatic carbocycles. The number of hydrogen-bond donors (Lipinski definition) is 1. The van der Waals surface area contributed by atoms with E-state index in [1.54, 1.807) is 55.5 Å². The molecule has 0 bridgehead atoms. The van der Waals surface area contributed by atoms with Gasteiger partial charge in [0.2, 0.25) is 10.0 Å². The van der Waals surface area contributed by atoms with Gasteiger partial charge in [0.1, 0.15) is 16.7 Å². The minimum absolute atomic E-state index is 0.0267. The number of rotatable bonds is 6. The third-order valence-electron chi connectivity index (χ3n) is 6.00. The van der Waals surface area contributed by atoms with Crippen LogP contribution in [0.2, 0.25) is 0 Å². The molecule has 1 aliphatic heterocycles. The van der Waals surface area contributed by atoms with Crippen molar-refractivity contribution in [1.82, 2.24) is 14.2 Å². The number of benzene rings is 1. The number of fused-ring (bicyclic) bond motifs is 1. The third-order valence-corrected chi connectivity index (χ3v) is 8.02. The molecule has 3 atom stereocenters. The number of aliphatic hydroxyl groups excluding tert-OH is 1. The van der Waals surface area contributed by atoms with Crippen LogP contribution in [0.15, 0.2) is 47.6 Å². The van der Waals surface area contributed by atoms with Crippen molar-refractivity contribution >= 4 is 15.9 Å². The van der Waals surface area contributed by atoms with E-state index in [1.165, 1.54) is 10.4 Å². The third kappa shape index (κ3) is 6.20. The maximum Gasteiger partial charge on any atom is 0.253 e. The number of carbonyl (C=O) groups is 1. The Morgan fingerprint density at radius 3 is 2.69 bits per heavy atom. The zero-order chi connectivity index (χ0) is 25.6. The van der Waals surface area contributed by atoms with Crippen molar-refractivity contribution in [2.45, 2.75) is 50.7 Å². The van der Waals surface area contributed by atoms with Gasteiger partial charge in [0.25, 0.3) is 5.91 Å². The number of amides is 1. The summed E-state index contributed by atoms with van der Waals surface area (Å²) in [5.41, 5.74) is 1.16. The van der Waals surface area contributed by atoms with Gasteiger partial charge in [0.15, 0.2) is 0 Å². The average Bonchev–Trinajstić information content (AvgIpc) is 2.85. The fourth-order valence-electron chi connectivity index (χ4n) is 3.88. The minimum Gasteiger partial charge on any atom is -0.487 e. The van der Waals surface area contributed by atoms with Gasteiger partial charge in [-0.1, -0.05) is 25.7 Å². The summed E-state index contributed by atoms with van der Waals surface area (Å²) in [5.74, 6) is 5.88. The number of likely N-dealkylation sites (N-methyl/N-ethyl adjacent to an activating group) is 1. The highest BCUT2D eigenvalue weighted by molar-refractivity contribution is 7.89. The highest BCUT2D eigenvalue weighted by atomic mass is 32.2. The summed E-state index contributed by atoms with van der Waals surface area (Å²) >= 11 is 0. The molecule has 0 spiro atoms. The van der Waals surface area contributed by atoms with E-state index in [-0.39, 0.29) is 42.2 Å². The van der Waals surface area contributed by atoms with Gasteiger partial charge in [0.05, 0.1) is 13.2 Å². The molecule has 0 saturated carbocycles. The molecule has 0 radical (unpaired) electrons. The molecule has 35 heavy (non-hydrogen) atoms. The summed E-state index contributed by atoms with van der Waals surface area (Å²) < 4.78 is 34.7. The number of nitrogens with zero attached hydrogens (tertiary/aromatic N) is 3. The molecular formula is C26H33N3O5S. The van der Waals surface area contributed by atoms with Crippen LogP contribution in [0.25, 0.3) is 0 Å². The lowest BCUT2D eigenvalue weighted by molar-refractivity contribution is 0.0563. The molecule has 9 heteroatoms. The monoisotopic (exact) mass is 499 g/mol. The largest absolute Gasteiger partial charge is 0.487 e. The summed E-state index contributed by atoms with van der Waals surface area (Å²) in [5, 5.41) is 9.78. The molecule has 2 heterocycles. The van der Waals surface area contributed by atoms with Crippen molar-refractivity contribution in [3.05, 3.63) is 53.9 Å². The normalized spacial score (nSPS) is 20.3. The number of unbranched alkanes of at least 4 members (excludes halogenated alkanes) is 1. The molecule has 1 aromatic heterocycles. The second-order valence-corrected chi connectivity index (χ2v) is 10.7. The molecule has 8 nitrogen and oxygen atoms in total. The fraction of sp³-hybridized carbons (Fsp3) is 0.462. The number of sulfonamides is 1. The Balaban J connectivity index is 2.01. The number of pyridine rings is 1. The molecule has 188 valence electrons. The zero-order valence-corrected chi connectivity index (χ0v) is 21.5. The predicted molar refractivity (Wildman–Crippen MR) is 133 cm³/mol. The van der Waals surface area contributed by atoms with Gasteiger partial charge >= 0.3 is 0 Å². The molecule has 1 N–H and O–H groups in total. The lowest BCUT2D eigenvalue weighted by Crippen LogP contribution is -2.50. The standard InChI is InChI=1S/C26H33N3O5S/c1-5-6-7-8-21-9-10-25-23(15-21)34-24(17-28(4)26(31)22-11-13-27-14-12-22)19(2)16-29(20(3)18-30)35(25,32)33/h9-15,19-20,24,30H,5-6,16-18H2,1-4H3/t19-,20+,24-/m0/s1. The van der Waals surface area contributed by atoms with Gasteiger partial charge in [-0.3, -0.25) is 9.78 Å². The van der Waals surface area contributed by atoms with Gasteiger partial charge in [-0.05, 0) is 43.7 Å². The number of hydrogen-bond acceptors (Lipinski definition) is 6. The average molecular weight is 500 g/mol. The first-order chi connectivity index (χ1) is 16.7. The highest BCUT2D eigenvalue weighted by Crippen LogP contribution is 2.34. The number of aromatic nitrogens is 1. The van der Waals surface area contributed by atoms with Crippen molar-refractivity contribution in [3.8, 4) is 17.6 Å². The SMILES string of the molecule is CCCC#Cc1ccc2c(c1)O[C@@H](CN(C)C(=O)c1ccncc1)[C@@H](C)CN([C@H](C)CO)S2(=O)=O. The van der Waals surface area contributed by atoms with Crippen LogP contribution in [0.3, 0.4) is 0 Å². The van der Waals surface area contributed by atoms with Crippen LogP contribution in [0.1, 0.15) is 49.5 Å². The number of carbonyl (C=O) groups excluding carboxylic acids is 1. The number of aliphatic hydroxyl groups is 1. The summed E-state index contributed by atoms with van der Waals surface area (Å²) in [6, 6.07) is 7.51. The van der Waals surface area contributed by atoms with Crippen LogP contribution in [0.5, 0.6) is 5.75 Å². The van der Waals surface area contributed by atoms with Crippen LogP contribution >= 0.6 is 0 Å². The zero-order valence-electron chi connectivity index (χ0n) is 20.6. The molecular weight excluding hydrogens is 466 g/mol. The highest BCUT2D eigenvalue weighted by Gasteiger charge is 2.38. The predicted octanol–water partition coefficient (Wildman–Crippen LogP) is 2.77. The van der Waals surface area contributed by atoms with Crippen molar-refractivity contribution in [1.29, 1.82) is 0 Å². The van der Waals surface area contributed by atoms with Gasteiger partial charge < -0.3 is 14.7 Å². The minimum atomic E-state index is -3.93. The van der Waals surface area contributed by atoms with Crippen molar-refractivity contribution in [2.75, 3.05) is 26.7 Å². The lowest BCUT2D eigenvalue weighted by Gasteiger charge is -2.37. The molecule has 3 rings (SSSR count). The van der Waals surface area contributed by atoms with Crippen LogP contribution in [-0.2, 0) is 10.0 Å². The first-order valence-corrected chi connectivity index (χ1v) is 13.2. The summed E-state index contributed by atoms with van der Waals surface area (Å²) in [6.07, 6.45) is 4.29. The fourth-order valence-corrected chi connectivity index (χ4v) is 5.70. The van der Waals surface area contributed by atoms with E-state index >= 15 is 0 Å². The van der Waals surface area contributed by atoms with Gasteiger partial charge in [0, 0.05) is 55.5 Å². The maximum atomic E-state index is 13.5. The molecule has 0 fully saturated rings. The Morgan fingerprint density at radius 2 is 2.03 bits per heavy atom. The topological polar surface area (TPSA) is 100 Å². The van der Waals surface area contributed by atoms with Gasteiger partial charge in [-0.25, -0.2) is 8.42 Å². The van der Waals surface area contributed by atoms with Crippen molar-refractivity contribution in [3.63, 3.8) is 0 Å². The number of ether oxygens (including phenoxy) is 1. The smallest absolute Gasteiger partial charge is 0.253 e. The Kier molecular flexibility index (Phi) is 8.89. The Hall–Kier alpha value is -2.93.